The van der Waals surface area contributed by atoms with Crippen molar-refractivity contribution in [3.8, 4) is 0 Å². The number of carbonyl (C=O) groups excluding carboxylic acids is 1. The Morgan fingerprint density at radius 3 is 2.97 bits per heavy atom. The van der Waals surface area contributed by atoms with Crippen LogP contribution in [0.4, 0.5) is 16.3 Å². The smallest absolute Gasteiger partial charge is 0.411 e. The van der Waals surface area contributed by atoms with Gasteiger partial charge in [-0.2, -0.15) is 10.1 Å². The zero-order chi connectivity index (χ0) is 21.2. The van der Waals surface area contributed by atoms with E-state index >= 15 is 0 Å². The Balaban J connectivity index is 1.27. The number of H-pyrrole nitrogens is 1. The van der Waals surface area contributed by atoms with E-state index in [0.29, 0.717) is 24.8 Å². The average molecular weight is 438 g/mol. The number of fused-ring (bicyclic) bond motifs is 1. The van der Waals surface area contributed by atoms with Crippen molar-refractivity contribution in [3.05, 3.63) is 60.4 Å². The van der Waals surface area contributed by atoms with E-state index < -0.39 is 6.09 Å². The van der Waals surface area contributed by atoms with Crippen LogP contribution in [0.2, 0.25) is 0 Å². The van der Waals surface area contributed by atoms with Gasteiger partial charge in [0.2, 0.25) is 0 Å². The van der Waals surface area contributed by atoms with Crippen LogP contribution in [0.5, 0.6) is 0 Å². The standard InChI is InChI=1S/C21H23N7O2S/c1-2-30-21(29)23-15-5-7-16(8-6-15)31-27-12-19-22-9-10-28(19)20(13-27)24-18-11-17(25-26-18)14-3-4-14/h5-11,13-14H,2-4,12H2,1H3,(H,23,29)(H2,24,25,26)/q+1. The molecule has 3 heterocycles. The van der Waals surface area contributed by atoms with Crippen LogP contribution >= 0.6 is 11.9 Å². The van der Waals surface area contributed by atoms with Crippen molar-refractivity contribution in [2.45, 2.75) is 30.6 Å². The third-order valence-electron chi connectivity index (χ3n) is 5.01. The van der Waals surface area contributed by atoms with Gasteiger partial charge in [0.15, 0.2) is 12.0 Å². The number of hydrogen-bond acceptors (Lipinski definition) is 8. The Labute approximate surface area is 184 Å². The minimum absolute atomic E-state index is 0.341. The normalized spacial score (nSPS) is 17.8. The summed E-state index contributed by atoms with van der Waals surface area (Å²) in [7, 11) is 0. The van der Waals surface area contributed by atoms with Gasteiger partial charge in [0, 0.05) is 28.3 Å². The van der Waals surface area contributed by atoms with Gasteiger partial charge in [-0.15, -0.1) is 0 Å². The van der Waals surface area contributed by atoms with E-state index in [4.69, 9.17) is 4.74 Å². The second kappa shape index (κ2) is 8.48. The van der Waals surface area contributed by atoms with Crippen molar-refractivity contribution in [3.63, 3.8) is 0 Å². The van der Waals surface area contributed by atoms with Crippen LogP contribution in [-0.2, 0) is 4.74 Å². The largest absolute Gasteiger partial charge is 0.450 e. The number of aromatic amines is 1. The van der Waals surface area contributed by atoms with E-state index in [1.807, 2.05) is 35.4 Å². The van der Waals surface area contributed by atoms with Crippen molar-refractivity contribution < 1.29 is 9.53 Å². The summed E-state index contributed by atoms with van der Waals surface area (Å²) in [5.41, 5.74) is 1.88. The van der Waals surface area contributed by atoms with Gasteiger partial charge in [-0.25, -0.2) is 4.79 Å². The second-order valence-corrected chi connectivity index (χ2v) is 8.49. The molecule has 5 rings (SSSR count). The lowest BCUT2D eigenvalue weighted by atomic mass is 10.3. The van der Waals surface area contributed by atoms with Gasteiger partial charge >= 0.3 is 6.09 Å². The van der Waals surface area contributed by atoms with Crippen LogP contribution in [0.25, 0.3) is 0 Å². The Kier molecular flexibility index (Phi) is 5.39. The summed E-state index contributed by atoms with van der Waals surface area (Å²) < 4.78 is 7.02. The van der Waals surface area contributed by atoms with Crippen molar-refractivity contribution in [1.29, 1.82) is 0 Å². The van der Waals surface area contributed by atoms with E-state index in [2.05, 4.69) is 42.4 Å². The highest BCUT2D eigenvalue weighted by molar-refractivity contribution is 7.97. The Morgan fingerprint density at radius 2 is 2.19 bits per heavy atom. The lowest BCUT2D eigenvalue weighted by Crippen LogP contribution is -2.42. The molecule has 1 fully saturated rings. The highest BCUT2D eigenvalue weighted by Crippen LogP contribution is 2.39. The lowest BCUT2D eigenvalue weighted by molar-refractivity contribution is 0.168. The molecule has 2 aliphatic heterocycles. The van der Waals surface area contributed by atoms with Gasteiger partial charge < -0.3 is 4.74 Å². The van der Waals surface area contributed by atoms with Gasteiger partial charge in [-0.3, -0.25) is 20.0 Å². The second-order valence-electron chi connectivity index (χ2n) is 7.37. The first kappa shape index (κ1) is 19.7. The molecule has 0 spiro atoms. The molecule has 0 saturated heterocycles. The summed E-state index contributed by atoms with van der Waals surface area (Å²) in [5, 5.41) is 13.6. The predicted octanol–water partition coefficient (Wildman–Crippen LogP) is 4.11. The number of aromatic nitrogens is 2. The quantitative estimate of drug-likeness (QED) is 0.445. The number of rotatable bonds is 7. The van der Waals surface area contributed by atoms with Crippen molar-refractivity contribution >= 4 is 35.4 Å². The molecule has 1 radical (unpaired) electrons. The zero-order valence-electron chi connectivity index (χ0n) is 17.0. The zero-order valence-corrected chi connectivity index (χ0v) is 17.9. The topological polar surface area (TPSA) is 101 Å². The van der Waals surface area contributed by atoms with Gasteiger partial charge in [0.05, 0.1) is 19.0 Å². The van der Waals surface area contributed by atoms with Crippen molar-refractivity contribution in [2.24, 2.45) is 4.99 Å². The number of aliphatic imine (C=N–C) groups is 1. The molecule has 0 bridgehead atoms. The number of carbonyl (C=O) groups is 1. The van der Waals surface area contributed by atoms with Crippen LogP contribution < -0.4 is 15.5 Å². The molecule has 31 heavy (non-hydrogen) atoms. The highest BCUT2D eigenvalue weighted by atomic mass is 32.2. The first-order valence-electron chi connectivity index (χ1n) is 10.2. The highest BCUT2D eigenvalue weighted by Gasteiger charge is 2.37. The number of anilines is 2. The third kappa shape index (κ3) is 4.59. The van der Waals surface area contributed by atoms with Crippen molar-refractivity contribution in [1.82, 2.24) is 19.4 Å². The molecule has 1 aromatic carbocycles. The van der Waals surface area contributed by atoms with Gasteiger partial charge in [0.1, 0.15) is 6.54 Å². The third-order valence-corrected chi connectivity index (χ3v) is 5.96. The van der Waals surface area contributed by atoms with Gasteiger partial charge in [-0.05, 0) is 60.9 Å². The molecule has 0 atom stereocenters. The molecule has 3 N–H and O–H groups in total. The minimum Gasteiger partial charge on any atom is -0.450 e. The van der Waals surface area contributed by atoms with Gasteiger partial charge in [-0.1, -0.05) is 0 Å². The number of ether oxygens (including phenoxy) is 1. The number of amides is 1. The molecule has 9 nitrogen and oxygen atoms in total. The van der Waals surface area contributed by atoms with E-state index in [1.54, 1.807) is 25.1 Å². The first-order chi connectivity index (χ1) is 15.2. The fraction of sp³-hybridized carbons (Fsp3) is 0.286. The van der Waals surface area contributed by atoms with Crippen molar-refractivity contribution in [2.75, 3.05) is 23.8 Å². The Hall–Kier alpha value is -3.24. The molecular formula is C21H23N7O2S+. The number of nitrogens with zero attached hydrogens (tertiary/aromatic N) is 4. The molecule has 1 amide bonds. The monoisotopic (exact) mass is 437 g/mol. The summed E-state index contributed by atoms with van der Waals surface area (Å²) in [6.45, 7) is 2.78. The number of hydrogen-bond donors (Lipinski definition) is 3. The Morgan fingerprint density at radius 1 is 1.35 bits per heavy atom. The van der Waals surface area contributed by atoms with E-state index in [9.17, 15) is 4.79 Å². The van der Waals surface area contributed by atoms with E-state index in [-0.39, 0.29) is 0 Å². The van der Waals surface area contributed by atoms with Gasteiger partial charge in [0.25, 0.3) is 11.7 Å². The first-order valence-corrected chi connectivity index (χ1v) is 11.0. The molecule has 1 aromatic heterocycles. The molecule has 0 unspecified atom stereocenters. The average Bonchev–Trinajstić information content (AvgIpc) is 3.31. The molecule has 1 aliphatic carbocycles. The van der Waals surface area contributed by atoms with E-state index in [0.717, 1.165) is 22.4 Å². The fourth-order valence-electron chi connectivity index (χ4n) is 3.36. The molecular weight excluding hydrogens is 414 g/mol. The van der Waals surface area contributed by atoms with Crippen LogP contribution in [0.15, 0.2) is 64.6 Å². The summed E-state index contributed by atoms with van der Waals surface area (Å²) >= 11 is 1.60. The SMILES string of the molecule is CCOC(=O)Nc1ccc(SN2C=C(Nc3cc(C4CC4)[nH]n3)[N+]3C=CN=C3C2)cc1. The van der Waals surface area contributed by atoms with Crippen LogP contribution in [0.3, 0.4) is 0 Å². The lowest BCUT2D eigenvalue weighted by Gasteiger charge is -2.24. The summed E-state index contributed by atoms with van der Waals surface area (Å²) in [6.07, 6.45) is 7.81. The molecule has 1 saturated carbocycles. The fourth-order valence-corrected chi connectivity index (χ4v) is 4.22. The Bertz CT molecular complexity index is 1060. The number of nitrogens with one attached hydrogen (secondary N) is 3. The maximum atomic E-state index is 11.6. The maximum Gasteiger partial charge on any atom is 0.411 e. The van der Waals surface area contributed by atoms with E-state index in [1.165, 1.54) is 18.5 Å². The van der Waals surface area contributed by atoms with Crippen LogP contribution in [-0.4, -0.2) is 39.6 Å². The molecule has 2 aromatic rings. The summed E-state index contributed by atoms with van der Waals surface area (Å²) in [5.74, 6) is 3.26. The maximum absolute atomic E-state index is 11.6. The molecule has 3 aliphatic rings. The molecule has 10 heteroatoms. The molecule has 159 valence electrons. The van der Waals surface area contributed by atoms with Crippen LogP contribution in [0, 0.1) is 0 Å². The minimum atomic E-state index is -0.451. The summed E-state index contributed by atoms with van der Waals surface area (Å²) in [6, 6.07) is 9.72. The van der Waals surface area contributed by atoms with Crippen LogP contribution in [0.1, 0.15) is 31.4 Å². The number of amidine groups is 1. The number of benzene rings is 1. The predicted molar refractivity (Wildman–Crippen MR) is 121 cm³/mol. The summed E-state index contributed by atoms with van der Waals surface area (Å²) in [4.78, 5) is 19.1.